The summed E-state index contributed by atoms with van der Waals surface area (Å²) in [5, 5.41) is 14.0. The largest absolute Gasteiger partial charge is 0.342 e. The summed E-state index contributed by atoms with van der Waals surface area (Å²) in [6, 6.07) is 0. The van der Waals surface area contributed by atoms with Crippen LogP contribution in [0.5, 0.6) is 0 Å². The molecule has 0 atom stereocenters. The summed E-state index contributed by atoms with van der Waals surface area (Å²) in [5.41, 5.74) is 0.0659. The van der Waals surface area contributed by atoms with E-state index in [4.69, 9.17) is 5.41 Å². The minimum atomic E-state index is 0.0659. The average Bonchev–Trinajstić information content (AvgIpc) is 2.25. The Balaban J connectivity index is 2.49. The van der Waals surface area contributed by atoms with E-state index in [-0.39, 0.29) is 5.41 Å². The van der Waals surface area contributed by atoms with E-state index in [1.807, 2.05) is 13.3 Å². The Hall–Kier alpha value is -1.06. The normalized spacial score (nSPS) is 17.9. The zero-order chi connectivity index (χ0) is 12.2. The third-order valence-electron chi connectivity index (χ3n) is 2.58. The highest BCUT2D eigenvalue weighted by atomic mass is 15.5. The second kappa shape index (κ2) is 5.32. The summed E-state index contributed by atoms with van der Waals surface area (Å²) in [4.78, 5) is 2.10. The molecule has 1 rings (SSSR count). The Morgan fingerprint density at radius 3 is 2.31 bits per heavy atom. The molecule has 1 aliphatic heterocycles. The fourth-order valence-corrected chi connectivity index (χ4v) is 1.62. The Kier molecular flexibility index (Phi) is 4.33. The predicted octanol–water partition coefficient (Wildman–Crippen LogP) is 2.37. The van der Waals surface area contributed by atoms with Gasteiger partial charge in [-0.2, -0.15) is 5.10 Å². The quantitative estimate of drug-likeness (QED) is 0.422. The third-order valence-corrected chi connectivity index (χ3v) is 2.58. The molecule has 0 spiro atoms. The highest BCUT2D eigenvalue weighted by Crippen LogP contribution is 2.12. The number of piperidine rings is 1. The van der Waals surface area contributed by atoms with Crippen molar-refractivity contribution in [2.45, 2.75) is 40.0 Å². The van der Waals surface area contributed by atoms with Crippen LogP contribution in [0.2, 0.25) is 0 Å². The maximum absolute atomic E-state index is 8.04. The summed E-state index contributed by atoms with van der Waals surface area (Å²) in [6.07, 6.45) is 5.57. The molecule has 1 aliphatic rings. The van der Waals surface area contributed by atoms with Gasteiger partial charge in [0.2, 0.25) is 5.96 Å². The summed E-state index contributed by atoms with van der Waals surface area (Å²) in [7, 11) is 1.85. The van der Waals surface area contributed by atoms with E-state index in [0.717, 1.165) is 13.1 Å². The summed E-state index contributed by atoms with van der Waals surface area (Å²) in [6.45, 7) is 8.31. The summed E-state index contributed by atoms with van der Waals surface area (Å²) in [5.74, 6) is 0.514. The van der Waals surface area contributed by atoms with Crippen LogP contribution in [0, 0.1) is 10.8 Å². The number of hydrogen-bond acceptors (Lipinski definition) is 2. The van der Waals surface area contributed by atoms with Gasteiger partial charge in [0.1, 0.15) is 0 Å². The fourth-order valence-electron chi connectivity index (χ4n) is 1.62. The minimum Gasteiger partial charge on any atom is -0.342 e. The number of rotatable bonds is 1. The molecule has 0 saturated carbocycles. The molecular weight excluding hydrogens is 200 g/mol. The van der Waals surface area contributed by atoms with Gasteiger partial charge >= 0.3 is 0 Å². The first-order valence-electron chi connectivity index (χ1n) is 6.02. The first-order chi connectivity index (χ1) is 7.40. The Morgan fingerprint density at radius 2 is 1.81 bits per heavy atom. The van der Waals surface area contributed by atoms with E-state index in [1.165, 1.54) is 19.3 Å². The van der Waals surface area contributed by atoms with Crippen LogP contribution >= 0.6 is 0 Å². The Morgan fingerprint density at radius 1 is 1.25 bits per heavy atom. The van der Waals surface area contributed by atoms with E-state index in [2.05, 4.69) is 30.8 Å². The van der Waals surface area contributed by atoms with Gasteiger partial charge in [0, 0.05) is 26.4 Å². The van der Waals surface area contributed by atoms with Gasteiger partial charge in [-0.05, 0) is 24.7 Å². The van der Waals surface area contributed by atoms with E-state index in [1.54, 1.807) is 5.01 Å². The fraction of sp³-hybridized carbons (Fsp3) is 0.833. The van der Waals surface area contributed by atoms with Gasteiger partial charge < -0.3 is 4.90 Å². The maximum atomic E-state index is 8.04. The number of guanidine groups is 1. The van der Waals surface area contributed by atoms with Gasteiger partial charge in [-0.1, -0.05) is 20.8 Å². The van der Waals surface area contributed by atoms with Crippen LogP contribution in [0.3, 0.4) is 0 Å². The van der Waals surface area contributed by atoms with Gasteiger partial charge in [0.25, 0.3) is 0 Å². The zero-order valence-corrected chi connectivity index (χ0v) is 11.0. The van der Waals surface area contributed by atoms with E-state index < -0.39 is 0 Å². The number of hydrazone groups is 1. The first kappa shape index (κ1) is 13.0. The number of nitrogens with zero attached hydrogens (tertiary/aromatic N) is 3. The topological polar surface area (TPSA) is 42.7 Å². The predicted molar refractivity (Wildman–Crippen MR) is 68.9 cm³/mol. The molecule has 4 heteroatoms. The van der Waals surface area contributed by atoms with Crippen LogP contribution in [0.25, 0.3) is 0 Å². The van der Waals surface area contributed by atoms with Crippen molar-refractivity contribution >= 4 is 12.2 Å². The maximum Gasteiger partial charge on any atom is 0.214 e. The molecule has 0 aromatic rings. The van der Waals surface area contributed by atoms with E-state index in [0.29, 0.717) is 5.96 Å². The number of hydrogen-bond donors (Lipinski definition) is 1. The molecule has 0 aliphatic carbocycles. The molecular formula is C12H24N4. The second-order valence-corrected chi connectivity index (χ2v) is 5.51. The van der Waals surface area contributed by atoms with Crippen LogP contribution in [-0.4, -0.2) is 42.2 Å². The highest BCUT2D eigenvalue weighted by molar-refractivity contribution is 5.78. The van der Waals surface area contributed by atoms with Gasteiger partial charge in [-0.25, -0.2) is 5.01 Å². The van der Waals surface area contributed by atoms with Gasteiger partial charge in [-0.3, -0.25) is 5.41 Å². The number of nitrogens with one attached hydrogen (secondary N) is 1. The Labute approximate surface area is 98.8 Å². The lowest BCUT2D eigenvalue weighted by Gasteiger charge is -2.31. The molecule has 0 radical (unpaired) electrons. The van der Waals surface area contributed by atoms with Crippen molar-refractivity contribution in [2.24, 2.45) is 10.5 Å². The monoisotopic (exact) mass is 224 g/mol. The summed E-state index contributed by atoms with van der Waals surface area (Å²) >= 11 is 0. The molecule has 1 N–H and O–H groups in total. The number of likely N-dealkylation sites (tertiary alicyclic amines) is 1. The van der Waals surface area contributed by atoms with Crippen LogP contribution in [0.1, 0.15) is 40.0 Å². The Bertz CT molecular complexity index is 259. The second-order valence-electron chi connectivity index (χ2n) is 5.51. The van der Waals surface area contributed by atoms with Gasteiger partial charge in [0.05, 0.1) is 0 Å². The van der Waals surface area contributed by atoms with Crippen LogP contribution in [0.4, 0.5) is 0 Å². The van der Waals surface area contributed by atoms with Crippen LogP contribution in [-0.2, 0) is 0 Å². The van der Waals surface area contributed by atoms with Crippen molar-refractivity contribution in [3.63, 3.8) is 0 Å². The van der Waals surface area contributed by atoms with Crippen LogP contribution < -0.4 is 0 Å². The van der Waals surface area contributed by atoms with E-state index in [9.17, 15) is 0 Å². The highest BCUT2D eigenvalue weighted by Gasteiger charge is 2.16. The molecule has 0 aromatic heterocycles. The lowest BCUT2D eigenvalue weighted by Crippen LogP contribution is -2.42. The third kappa shape index (κ3) is 4.21. The molecule has 1 fully saturated rings. The van der Waals surface area contributed by atoms with Gasteiger partial charge in [0.15, 0.2) is 0 Å². The van der Waals surface area contributed by atoms with Crippen molar-refractivity contribution in [1.82, 2.24) is 9.91 Å². The lowest BCUT2D eigenvalue weighted by molar-refractivity contribution is 0.297. The minimum absolute atomic E-state index is 0.0659. The van der Waals surface area contributed by atoms with Crippen molar-refractivity contribution in [3.8, 4) is 0 Å². The van der Waals surface area contributed by atoms with Crippen molar-refractivity contribution in [1.29, 1.82) is 5.41 Å². The molecule has 1 saturated heterocycles. The van der Waals surface area contributed by atoms with Crippen molar-refractivity contribution in [2.75, 3.05) is 20.1 Å². The average molecular weight is 224 g/mol. The van der Waals surface area contributed by atoms with Gasteiger partial charge in [-0.15, -0.1) is 0 Å². The molecule has 16 heavy (non-hydrogen) atoms. The first-order valence-corrected chi connectivity index (χ1v) is 6.02. The smallest absolute Gasteiger partial charge is 0.214 e. The van der Waals surface area contributed by atoms with Crippen LogP contribution in [0.15, 0.2) is 5.10 Å². The van der Waals surface area contributed by atoms with Crippen molar-refractivity contribution in [3.05, 3.63) is 0 Å². The molecule has 4 nitrogen and oxygen atoms in total. The standard InChI is InChI=1S/C12H24N4/c1-12(2,3)10-14-15(4)11(13)16-8-6-5-7-9-16/h10,13H,5-9H2,1-4H3/b13-11?,14-10+. The molecule has 1 heterocycles. The zero-order valence-electron chi connectivity index (χ0n) is 11.0. The molecule has 0 amide bonds. The molecule has 92 valence electrons. The van der Waals surface area contributed by atoms with E-state index >= 15 is 0 Å². The molecule has 0 unspecified atom stereocenters. The molecule has 0 bridgehead atoms. The molecule has 0 aromatic carbocycles. The lowest BCUT2D eigenvalue weighted by atomic mass is 9.99. The van der Waals surface area contributed by atoms with Crippen molar-refractivity contribution < 1.29 is 0 Å². The summed E-state index contributed by atoms with van der Waals surface area (Å²) < 4.78 is 0. The SMILES string of the molecule is CN(/N=C/C(C)(C)C)C(=N)N1CCCCC1.